The number of nitrogens with zero attached hydrogens (tertiary/aromatic N) is 1. The number of fused-ring (bicyclic) bond motifs is 1. The average Bonchev–Trinajstić information content (AvgIpc) is 2.87. The molecule has 2 unspecified atom stereocenters. The highest BCUT2D eigenvalue weighted by atomic mass is 79.9. The molecule has 0 bridgehead atoms. The van der Waals surface area contributed by atoms with Crippen LogP contribution in [0.1, 0.15) is 24.8 Å². The molecule has 1 saturated carbocycles. The van der Waals surface area contributed by atoms with Gasteiger partial charge < -0.3 is 9.64 Å². The molecule has 2 aliphatic rings. The maximum absolute atomic E-state index is 6.43. The molecule has 3 rings (SSSR count). The smallest absolute Gasteiger partial charge is 0.0779 e. The van der Waals surface area contributed by atoms with E-state index in [4.69, 9.17) is 16.3 Å². The van der Waals surface area contributed by atoms with Gasteiger partial charge in [-0.3, -0.25) is 0 Å². The summed E-state index contributed by atoms with van der Waals surface area (Å²) in [7, 11) is 0. The first-order valence-electron chi connectivity index (χ1n) is 6.52. The van der Waals surface area contributed by atoms with Crippen molar-refractivity contribution in [3.63, 3.8) is 0 Å². The first-order valence-corrected chi connectivity index (χ1v) is 8.02. The standard InChI is InChI=1S/C14H17BrClNO/c15-9-10-4-5-12(11(16)8-10)17-6-7-18-14-3-1-2-13(14)17/h4-5,8,13-14H,1-3,6-7,9H2. The van der Waals surface area contributed by atoms with Gasteiger partial charge in [-0.05, 0) is 37.0 Å². The Kier molecular flexibility index (Phi) is 3.83. The molecular formula is C14H17BrClNO. The van der Waals surface area contributed by atoms with Crippen molar-refractivity contribution in [2.75, 3.05) is 18.1 Å². The highest BCUT2D eigenvalue weighted by Crippen LogP contribution is 2.36. The van der Waals surface area contributed by atoms with Gasteiger partial charge in [0.1, 0.15) is 0 Å². The number of hydrogen-bond acceptors (Lipinski definition) is 2. The Hall–Kier alpha value is -0.250. The van der Waals surface area contributed by atoms with E-state index < -0.39 is 0 Å². The van der Waals surface area contributed by atoms with Crippen LogP contribution in [-0.2, 0) is 10.1 Å². The molecular weight excluding hydrogens is 314 g/mol. The van der Waals surface area contributed by atoms with Crippen molar-refractivity contribution in [2.45, 2.75) is 36.7 Å². The zero-order valence-corrected chi connectivity index (χ0v) is 12.6. The number of morpholine rings is 1. The second-order valence-corrected chi connectivity index (χ2v) is 5.99. The number of benzene rings is 1. The molecule has 2 atom stereocenters. The molecule has 1 saturated heterocycles. The summed E-state index contributed by atoms with van der Waals surface area (Å²) >= 11 is 9.89. The van der Waals surface area contributed by atoms with Crippen LogP contribution in [0.4, 0.5) is 5.69 Å². The van der Waals surface area contributed by atoms with Crippen LogP contribution in [0.25, 0.3) is 0 Å². The summed E-state index contributed by atoms with van der Waals surface area (Å²) < 4.78 is 5.85. The van der Waals surface area contributed by atoms with Crippen molar-refractivity contribution in [1.82, 2.24) is 0 Å². The van der Waals surface area contributed by atoms with Crippen molar-refractivity contribution in [3.8, 4) is 0 Å². The van der Waals surface area contributed by atoms with Gasteiger partial charge in [0.25, 0.3) is 0 Å². The lowest BCUT2D eigenvalue weighted by atomic mass is 10.1. The number of rotatable bonds is 2. The normalized spacial score (nSPS) is 27.3. The molecule has 2 fully saturated rings. The van der Waals surface area contributed by atoms with E-state index >= 15 is 0 Å². The van der Waals surface area contributed by atoms with Crippen molar-refractivity contribution in [3.05, 3.63) is 28.8 Å². The Bertz CT molecular complexity index is 440. The number of alkyl halides is 1. The van der Waals surface area contributed by atoms with Gasteiger partial charge in [-0.25, -0.2) is 0 Å². The second-order valence-electron chi connectivity index (χ2n) is 5.02. The Balaban J connectivity index is 1.89. The monoisotopic (exact) mass is 329 g/mol. The van der Waals surface area contributed by atoms with Crippen LogP contribution in [0.2, 0.25) is 5.02 Å². The van der Waals surface area contributed by atoms with Gasteiger partial charge in [0.15, 0.2) is 0 Å². The molecule has 1 aromatic rings. The van der Waals surface area contributed by atoms with E-state index in [2.05, 4.69) is 39.0 Å². The third-order valence-electron chi connectivity index (χ3n) is 3.96. The molecule has 0 amide bonds. The van der Waals surface area contributed by atoms with E-state index in [1.165, 1.54) is 30.5 Å². The molecule has 18 heavy (non-hydrogen) atoms. The van der Waals surface area contributed by atoms with Gasteiger partial charge in [0.2, 0.25) is 0 Å². The fourth-order valence-corrected chi connectivity index (χ4v) is 3.75. The zero-order valence-electron chi connectivity index (χ0n) is 10.2. The Morgan fingerprint density at radius 3 is 3.06 bits per heavy atom. The summed E-state index contributed by atoms with van der Waals surface area (Å²) in [5.74, 6) is 0. The van der Waals surface area contributed by atoms with Crippen molar-refractivity contribution in [2.24, 2.45) is 0 Å². The Morgan fingerprint density at radius 2 is 2.28 bits per heavy atom. The highest BCUT2D eigenvalue weighted by Gasteiger charge is 2.36. The van der Waals surface area contributed by atoms with E-state index in [9.17, 15) is 0 Å². The van der Waals surface area contributed by atoms with Crippen molar-refractivity contribution >= 4 is 33.2 Å². The van der Waals surface area contributed by atoms with Crippen LogP contribution in [0.15, 0.2) is 18.2 Å². The summed E-state index contributed by atoms with van der Waals surface area (Å²) in [6.07, 6.45) is 4.09. The van der Waals surface area contributed by atoms with E-state index in [1.807, 2.05) is 0 Å². The number of anilines is 1. The molecule has 1 aliphatic heterocycles. The van der Waals surface area contributed by atoms with Crippen LogP contribution in [-0.4, -0.2) is 25.3 Å². The lowest BCUT2D eigenvalue weighted by molar-refractivity contribution is 0.0256. The average molecular weight is 331 g/mol. The minimum Gasteiger partial charge on any atom is -0.374 e. The van der Waals surface area contributed by atoms with Gasteiger partial charge in [0, 0.05) is 11.9 Å². The minimum atomic E-state index is 0.408. The lowest BCUT2D eigenvalue weighted by Gasteiger charge is -2.39. The van der Waals surface area contributed by atoms with Crippen molar-refractivity contribution in [1.29, 1.82) is 0 Å². The van der Waals surface area contributed by atoms with E-state index in [0.29, 0.717) is 12.1 Å². The highest BCUT2D eigenvalue weighted by molar-refractivity contribution is 9.08. The van der Waals surface area contributed by atoms with E-state index in [-0.39, 0.29) is 0 Å². The first kappa shape index (κ1) is 12.8. The molecule has 1 aliphatic carbocycles. The third kappa shape index (κ3) is 2.28. The summed E-state index contributed by atoms with van der Waals surface area (Å²) in [5, 5.41) is 1.71. The van der Waals surface area contributed by atoms with E-state index in [1.54, 1.807) is 0 Å². The second kappa shape index (κ2) is 5.40. The molecule has 1 aromatic carbocycles. The van der Waals surface area contributed by atoms with Gasteiger partial charge in [0.05, 0.1) is 29.5 Å². The van der Waals surface area contributed by atoms with E-state index in [0.717, 1.165) is 23.5 Å². The quantitative estimate of drug-likeness (QED) is 0.760. The van der Waals surface area contributed by atoms with Gasteiger partial charge >= 0.3 is 0 Å². The maximum Gasteiger partial charge on any atom is 0.0779 e. The summed E-state index contributed by atoms with van der Waals surface area (Å²) in [6, 6.07) is 6.88. The molecule has 2 nitrogen and oxygen atoms in total. The van der Waals surface area contributed by atoms with Crippen LogP contribution in [0, 0.1) is 0 Å². The maximum atomic E-state index is 6.43. The SMILES string of the molecule is Clc1cc(CBr)ccc1N1CCOC2CCCC21. The number of hydrogen-bond donors (Lipinski definition) is 0. The van der Waals surface area contributed by atoms with Gasteiger partial charge in [-0.2, -0.15) is 0 Å². The molecule has 0 spiro atoms. The minimum absolute atomic E-state index is 0.408. The van der Waals surface area contributed by atoms with Crippen LogP contribution < -0.4 is 4.90 Å². The topological polar surface area (TPSA) is 12.5 Å². The summed E-state index contributed by atoms with van der Waals surface area (Å²) in [5.41, 5.74) is 2.39. The largest absolute Gasteiger partial charge is 0.374 e. The third-order valence-corrected chi connectivity index (χ3v) is 4.91. The molecule has 4 heteroatoms. The van der Waals surface area contributed by atoms with Crippen LogP contribution >= 0.6 is 27.5 Å². The number of halogens is 2. The molecule has 1 heterocycles. The van der Waals surface area contributed by atoms with Gasteiger partial charge in [-0.15, -0.1) is 0 Å². The fraction of sp³-hybridized carbons (Fsp3) is 0.571. The first-order chi connectivity index (χ1) is 8.79. The summed E-state index contributed by atoms with van der Waals surface area (Å²) in [6.45, 7) is 1.77. The zero-order chi connectivity index (χ0) is 12.5. The molecule has 98 valence electrons. The number of ether oxygens (including phenoxy) is 1. The fourth-order valence-electron chi connectivity index (χ4n) is 3.09. The lowest BCUT2D eigenvalue weighted by Crippen LogP contribution is -2.48. The summed E-state index contributed by atoms with van der Waals surface area (Å²) in [4.78, 5) is 2.45. The van der Waals surface area contributed by atoms with Crippen LogP contribution in [0.5, 0.6) is 0 Å². The predicted octanol–water partition coefficient (Wildman–Crippen LogP) is 3.99. The van der Waals surface area contributed by atoms with Crippen LogP contribution in [0.3, 0.4) is 0 Å². The Labute approximate surface area is 121 Å². The van der Waals surface area contributed by atoms with Crippen molar-refractivity contribution < 1.29 is 4.74 Å². The Morgan fingerprint density at radius 1 is 1.39 bits per heavy atom. The predicted molar refractivity (Wildman–Crippen MR) is 78.8 cm³/mol. The van der Waals surface area contributed by atoms with Gasteiger partial charge in [-0.1, -0.05) is 33.6 Å². The molecule has 0 N–H and O–H groups in total. The molecule has 0 aromatic heterocycles. The molecule has 0 radical (unpaired) electrons.